The number of para-hydroxylation sites is 1. The van der Waals surface area contributed by atoms with E-state index in [1.165, 1.54) is 0 Å². The van der Waals surface area contributed by atoms with Gasteiger partial charge in [0.25, 0.3) is 5.91 Å². The van der Waals surface area contributed by atoms with Crippen LogP contribution in [-0.4, -0.2) is 22.6 Å². The highest BCUT2D eigenvalue weighted by Crippen LogP contribution is 2.23. The zero-order valence-electron chi connectivity index (χ0n) is 14.7. The number of carbonyl (C=O) groups excluding carboxylic acids is 1. The molecule has 2 N–H and O–H groups in total. The second kappa shape index (κ2) is 7.83. The van der Waals surface area contributed by atoms with E-state index in [2.05, 4.69) is 5.32 Å². The minimum absolute atomic E-state index is 0.0731. The van der Waals surface area contributed by atoms with E-state index >= 15 is 0 Å². The molecule has 1 atom stereocenters. The number of hydrogen-bond donors (Lipinski definition) is 2. The number of benzene rings is 2. The summed E-state index contributed by atoms with van der Waals surface area (Å²) in [6.07, 6.45) is 0.0731. The van der Waals surface area contributed by atoms with Crippen LogP contribution in [0.15, 0.2) is 54.6 Å². The third kappa shape index (κ3) is 5.35. The molecule has 0 aliphatic rings. The molecule has 132 valence electrons. The average molecular weight is 341 g/mol. The number of carboxylic acids is 1. The third-order valence-corrected chi connectivity index (χ3v) is 3.88. The van der Waals surface area contributed by atoms with Gasteiger partial charge in [-0.05, 0) is 49.6 Å². The van der Waals surface area contributed by atoms with E-state index in [4.69, 9.17) is 9.84 Å². The minimum atomic E-state index is -1.03. The predicted molar refractivity (Wildman–Crippen MR) is 96.9 cm³/mol. The van der Waals surface area contributed by atoms with Gasteiger partial charge < -0.3 is 15.2 Å². The van der Waals surface area contributed by atoms with Crippen LogP contribution in [0.5, 0.6) is 5.75 Å². The molecule has 0 saturated carbocycles. The molecule has 2 aromatic carbocycles. The van der Waals surface area contributed by atoms with Crippen molar-refractivity contribution < 1.29 is 19.4 Å². The number of amides is 1. The molecule has 1 unspecified atom stereocenters. The SMILES string of the molecule is CC(CC(=O)O)c1ccc(NC(=O)C(C)(C)Oc2ccccc2)cc1. The lowest BCUT2D eigenvalue weighted by molar-refractivity contribution is -0.137. The normalized spacial score (nSPS) is 12.3. The molecule has 0 fully saturated rings. The lowest BCUT2D eigenvalue weighted by Gasteiger charge is -2.25. The number of nitrogens with one attached hydrogen (secondary N) is 1. The van der Waals surface area contributed by atoms with E-state index < -0.39 is 11.6 Å². The first-order chi connectivity index (χ1) is 11.8. The second-order valence-corrected chi connectivity index (χ2v) is 6.50. The van der Waals surface area contributed by atoms with E-state index in [1.807, 2.05) is 37.3 Å². The smallest absolute Gasteiger partial charge is 0.303 e. The van der Waals surface area contributed by atoms with Crippen LogP contribution in [0.25, 0.3) is 0 Å². The van der Waals surface area contributed by atoms with Crippen molar-refractivity contribution in [2.24, 2.45) is 0 Å². The quantitative estimate of drug-likeness (QED) is 0.796. The summed E-state index contributed by atoms with van der Waals surface area (Å²) in [5.74, 6) is -0.548. The van der Waals surface area contributed by atoms with Gasteiger partial charge >= 0.3 is 5.97 Å². The summed E-state index contributed by atoms with van der Waals surface area (Å²) in [6.45, 7) is 5.27. The van der Waals surface area contributed by atoms with E-state index in [-0.39, 0.29) is 18.2 Å². The molecule has 0 aliphatic carbocycles. The first-order valence-corrected chi connectivity index (χ1v) is 8.15. The molecule has 0 aliphatic heterocycles. The Labute approximate surface area is 147 Å². The largest absolute Gasteiger partial charge is 0.481 e. The fourth-order valence-corrected chi connectivity index (χ4v) is 2.39. The Kier molecular flexibility index (Phi) is 5.80. The molecule has 0 radical (unpaired) electrons. The van der Waals surface area contributed by atoms with Crippen LogP contribution < -0.4 is 10.1 Å². The molecule has 0 spiro atoms. The maximum atomic E-state index is 12.5. The van der Waals surface area contributed by atoms with Crippen LogP contribution in [0.2, 0.25) is 0 Å². The van der Waals surface area contributed by atoms with Crippen molar-refractivity contribution in [3.8, 4) is 5.75 Å². The summed E-state index contributed by atoms with van der Waals surface area (Å²) in [4.78, 5) is 23.3. The number of carboxylic acid groups (broad SMARTS) is 1. The third-order valence-electron chi connectivity index (χ3n) is 3.88. The van der Waals surface area contributed by atoms with Gasteiger partial charge in [0.05, 0.1) is 6.42 Å². The van der Waals surface area contributed by atoms with Gasteiger partial charge in [-0.1, -0.05) is 37.3 Å². The number of anilines is 1. The second-order valence-electron chi connectivity index (χ2n) is 6.50. The Morgan fingerprint density at radius 1 is 1.08 bits per heavy atom. The van der Waals surface area contributed by atoms with Crippen LogP contribution in [-0.2, 0) is 9.59 Å². The molecular formula is C20H23NO4. The molecule has 0 bridgehead atoms. The fraction of sp³-hybridized carbons (Fsp3) is 0.300. The first kappa shape index (κ1) is 18.5. The van der Waals surface area contributed by atoms with Crippen molar-refractivity contribution in [2.45, 2.75) is 38.7 Å². The summed E-state index contributed by atoms with van der Waals surface area (Å²) in [7, 11) is 0. The Morgan fingerprint density at radius 3 is 2.24 bits per heavy atom. The van der Waals surface area contributed by atoms with Crippen molar-refractivity contribution in [3.05, 3.63) is 60.2 Å². The van der Waals surface area contributed by atoms with Crippen LogP contribution in [0.1, 0.15) is 38.7 Å². The van der Waals surface area contributed by atoms with Crippen molar-refractivity contribution >= 4 is 17.6 Å². The Bertz CT molecular complexity index is 723. The maximum absolute atomic E-state index is 12.5. The number of ether oxygens (including phenoxy) is 1. The van der Waals surface area contributed by atoms with Crippen LogP contribution >= 0.6 is 0 Å². The van der Waals surface area contributed by atoms with Crippen molar-refractivity contribution in [1.82, 2.24) is 0 Å². The fourth-order valence-electron chi connectivity index (χ4n) is 2.39. The first-order valence-electron chi connectivity index (χ1n) is 8.15. The molecular weight excluding hydrogens is 318 g/mol. The van der Waals surface area contributed by atoms with Gasteiger partial charge in [0.1, 0.15) is 5.75 Å². The van der Waals surface area contributed by atoms with Crippen LogP contribution in [0.3, 0.4) is 0 Å². The molecule has 25 heavy (non-hydrogen) atoms. The highest BCUT2D eigenvalue weighted by molar-refractivity contribution is 5.97. The lowest BCUT2D eigenvalue weighted by atomic mass is 9.97. The topological polar surface area (TPSA) is 75.6 Å². The molecule has 5 nitrogen and oxygen atoms in total. The Morgan fingerprint density at radius 2 is 1.68 bits per heavy atom. The van der Waals surface area contributed by atoms with E-state index in [1.54, 1.807) is 38.1 Å². The van der Waals surface area contributed by atoms with Crippen molar-refractivity contribution in [3.63, 3.8) is 0 Å². The number of rotatable bonds is 7. The number of hydrogen-bond acceptors (Lipinski definition) is 3. The summed E-state index contributed by atoms with van der Waals surface area (Å²) in [5, 5.41) is 11.7. The standard InChI is InChI=1S/C20H23NO4/c1-14(13-18(22)23)15-9-11-16(12-10-15)21-19(24)20(2,3)25-17-7-5-4-6-8-17/h4-12,14H,13H2,1-3H3,(H,21,24)(H,22,23). The summed E-state index contributed by atoms with van der Waals surface area (Å²) in [6, 6.07) is 16.4. The average Bonchev–Trinajstić information content (AvgIpc) is 2.55. The van der Waals surface area contributed by atoms with Crippen molar-refractivity contribution in [2.75, 3.05) is 5.32 Å². The van der Waals surface area contributed by atoms with Gasteiger partial charge in [-0.2, -0.15) is 0 Å². The summed E-state index contributed by atoms with van der Waals surface area (Å²) in [5.41, 5.74) is 0.526. The predicted octanol–water partition coefficient (Wildman–Crippen LogP) is 4.06. The Balaban J connectivity index is 2.01. The van der Waals surface area contributed by atoms with Gasteiger partial charge in [-0.25, -0.2) is 0 Å². The highest BCUT2D eigenvalue weighted by atomic mass is 16.5. The molecule has 0 aromatic heterocycles. The monoisotopic (exact) mass is 341 g/mol. The van der Waals surface area contributed by atoms with Crippen LogP contribution in [0.4, 0.5) is 5.69 Å². The van der Waals surface area contributed by atoms with Gasteiger partial charge in [0, 0.05) is 5.69 Å². The summed E-state index contributed by atoms with van der Waals surface area (Å²) < 4.78 is 5.76. The van der Waals surface area contributed by atoms with Gasteiger partial charge in [-0.15, -0.1) is 0 Å². The van der Waals surface area contributed by atoms with Gasteiger partial charge in [-0.3, -0.25) is 9.59 Å². The number of carbonyl (C=O) groups is 2. The highest BCUT2D eigenvalue weighted by Gasteiger charge is 2.30. The Hall–Kier alpha value is -2.82. The summed E-state index contributed by atoms with van der Waals surface area (Å²) >= 11 is 0. The van der Waals surface area contributed by atoms with Crippen LogP contribution in [0, 0.1) is 0 Å². The molecule has 0 heterocycles. The van der Waals surface area contributed by atoms with Gasteiger partial charge in [0.15, 0.2) is 5.60 Å². The van der Waals surface area contributed by atoms with Gasteiger partial charge in [0.2, 0.25) is 0 Å². The van der Waals surface area contributed by atoms with E-state index in [9.17, 15) is 9.59 Å². The molecule has 2 rings (SSSR count). The zero-order valence-corrected chi connectivity index (χ0v) is 14.7. The molecule has 2 aromatic rings. The number of aliphatic carboxylic acids is 1. The van der Waals surface area contributed by atoms with E-state index in [0.29, 0.717) is 11.4 Å². The minimum Gasteiger partial charge on any atom is -0.481 e. The molecule has 1 amide bonds. The molecule has 5 heteroatoms. The van der Waals surface area contributed by atoms with Crippen molar-refractivity contribution in [1.29, 1.82) is 0 Å². The van der Waals surface area contributed by atoms with E-state index in [0.717, 1.165) is 5.56 Å². The maximum Gasteiger partial charge on any atom is 0.303 e. The lowest BCUT2D eigenvalue weighted by Crippen LogP contribution is -2.42. The molecule has 0 saturated heterocycles. The zero-order chi connectivity index (χ0) is 18.4.